The summed E-state index contributed by atoms with van der Waals surface area (Å²) in [6.07, 6.45) is 1.55. The normalized spacial score (nSPS) is 15.0. The number of rotatable bonds is 4. The Kier molecular flexibility index (Phi) is 4.69. The van der Waals surface area contributed by atoms with E-state index in [1.54, 1.807) is 0 Å². The fourth-order valence-corrected chi connectivity index (χ4v) is 0.763. The van der Waals surface area contributed by atoms with Crippen LogP contribution in [0.25, 0.3) is 0 Å². The Labute approximate surface area is 69.6 Å². The van der Waals surface area contributed by atoms with Crippen LogP contribution in [0.2, 0.25) is 0 Å². The molecule has 1 N–H and O–H groups in total. The van der Waals surface area contributed by atoms with Crippen LogP contribution < -0.4 is 0 Å². The Balaban J connectivity index is 3.38. The van der Waals surface area contributed by atoms with E-state index in [2.05, 4.69) is 6.92 Å². The van der Waals surface area contributed by atoms with Gasteiger partial charge in [-0.15, -0.1) is 0 Å². The van der Waals surface area contributed by atoms with Crippen LogP contribution in [0.4, 0.5) is 0 Å². The van der Waals surface area contributed by atoms with Gasteiger partial charge in [0.05, 0.1) is 18.3 Å². The van der Waals surface area contributed by atoms with Gasteiger partial charge in [-0.3, -0.25) is 0 Å². The molecule has 0 rings (SSSR count). The summed E-state index contributed by atoms with van der Waals surface area (Å²) in [5.41, 5.74) is -0.130. The van der Waals surface area contributed by atoms with E-state index >= 15 is 0 Å². The summed E-state index contributed by atoms with van der Waals surface area (Å²) < 4.78 is 5.39. The zero-order valence-electron chi connectivity index (χ0n) is 8.05. The highest BCUT2D eigenvalue weighted by Gasteiger charge is 2.12. The topological polar surface area (TPSA) is 29.5 Å². The highest BCUT2D eigenvalue weighted by Crippen LogP contribution is 2.08. The average Bonchev–Trinajstić information content (AvgIpc) is 1.83. The number of hydrogen-bond acceptors (Lipinski definition) is 2. The third-order valence-electron chi connectivity index (χ3n) is 1.33. The molecule has 0 saturated heterocycles. The molecule has 0 aromatic rings. The Morgan fingerprint density at radius 2 is 1.91 bits per heavy atom. The van der Waals surface area contributed by atoms with Crippen LogP contribution in [0, 0.1) is 0 Å². The third kappa shape index (κ3) is 7.82. The van der Waals surface area contributed by atoms with Crippen molar-refractivity contribution in [2.24, 2.45) is 0 Å². The maximum Gasteiger partial charge on any atom is 0.0773 e. The standard InChI is InChI=1S/C9H20O2/c1-5-6-8(10)7-11-9(2,3)4/h8,10H,5-7H2,1-4H3/t8-/m1/s1. The van der Waals surface area contributed by atoms with E-state index in [1.165, 1.54) is 0 Å². The van der Waals surface area contributed by atoms with Crippen molar-refractivity contribution in [1.29, 1.82) is 0 Å². The van der Waals surface area contributed by atoms with Crippen molar-refractivity contribution in [2.45, 2.75) is 52.2 Å². The summed E-state index contributed by atoms with van der Waals surface area (Å²) in [6.45, 7) is 8.49. The number of aliphatic hydroxyl groups excluding tert-OH is 1. The van der Waals surface area contributed by atoms with Crippen molar-refractivity contribution in [3.8, 4) is 0 Å². The van der Waals surface area contributed by atoms with Crippen LogP contribution in [0.15, 0.2) is 0 Å². The molecule has 0 radical (unpaired) electrons. The Morgan fingerprint density at radius 1 is 1.36 bits per heavy atom. The molecule has 2 heteroatoms. The van der Waals surface area contributed by atoms with Gasteiger partial charge in [-0.2, -0.15) is 0 Å². The van der Waals surface area contributed by atoms with E-state index in [0.29, 0.717) is 6.61 Å². The lowest BCUT2D eigenvalue weighted by Crippen LogP contribution is -2.25. The lowest BCUT2D eigenvalue weighted by molar-refractivity contribution is -0.0505. The second-order valence-electron chi connectivity index (χ2n) is 3.87. The first kappa shape index (κ1) is 10.9. The lowest BCUT2D eigenvalue weighted by atomic mass is 10.2. The SMILES string of the molecule is CCC[C@@H](O)COC(C)(C)C. The molecule has 0 aliphatic carbocycles. The molecule has 0 amide bonds. The minimum Gasteiger partial charge on any atom is -0.391 e. The van der Waals surface area contributed by atoms with Gasteiger partial charge in [-0.1, -0.05) is 13.3 Å². The van der Waals surface area contributed by atoms with Crippen LogP contribution in [0.3, 0.4) is 0 Å². The summed E-state index contributed by atoms with van der Waals surface area (Å²) >= 11 is 0. The molecule has 0 fully saturated rings. The van der Waals surface area contributed by atoms with Crippen LogP contribution in [0.1, 0.15) is 40.5 Å². The second-order valence-corrected chi connectivity index (χ2v) is 3.87. The summed E-state index contributed by atoms with van der Waals surface area (Å²) in [5.74, 6) is 0. The van der Waals surface area contributed by atoms with E-state index in [-0.39, 0.29) is 11.7 Å². The molecule has 0 aromatic heterocycles. The van der Waals surface area contributed by atoms with Gasteiger partial charge in [0.25, 0.3) is 0 Å². The van der Waals surface area contributed by atoms with Crippen molar-refractivity contribution in [3.05, 3.63) is 0 Å². The molecule has 2 nitrogen and oxygen atoms in total. The highest BCUT2D eigenvalue weighted by atomic mass is 16.5. The number of hydrogen-bond donors (Lipinski definition) is 1. The van der Waals surface area contributed by atoms with Gasteiger partial charge < -0.3 is 9.84 Å². The van der Waals surface area contributed by atoms with Gasteiger partial charge in [0, 0.05) is 0 Å². The van der Waals surface area contributed by atoms with E-state index in [1.807, 2.05) is 20.8 Å². The predicted octanol–water partition coefficient (Wildman–Crippen LogP) is 1.96. The van der Waals surface area contributed by atoms with Crippen molar-refractivity contribution < 1.29 is 9.84 Å². The summed E-state index contributed by atoms with van der Waals surface area (Å²) in [6, 6.07) is 0. The molecule has 0 spiro atoms. The van der Waals surface area contributed by atoms with Gasteiger partial charge >= 0.3 is 0 Å². The third-order valence-corrected chi connectivity index (χ3v) is 1.33. The maximum atomic E-state index is 9.29. The van der Waals surface area contributed by atoms with Crippen LogP contribution in [-0.4, -0.2) is 23.4 Å². The van der Waals surface area contributed by atoms with Gasteiger partial charge in [-0.25, -0.2) is 0 Å². The highest BCUT2D eigenvalue weighted by molar-refractivity contribution is 4.61. The first-order valence-electron chi connectivity index (χ1n) is 4.27. The average molecular weight is 160 g/mol. The molecule has 11 heavy (non-hydrogen) atoms. The number of aliphatic hydroxyl groups is 1. The van der Waals surface area contributed by atoms with Crippen molar-refractivity contribution in [1.82, 2.24) is 0 Å². The van der Waals surface area contributed by atoms with Crippen molar-refractivity contribution in [2.75, 3.05) is 6.61 Å². The first-order valence-corrected chi connectivity index (χ1v) is 4.27. The lowest BCUT2D eigenvalue weighted by Gasteiger charge is -2.21. The van der Waals surface area contributed by atoms with Crippen LogP contribution in [0.5, 0.6) is 0 Å². The fraction of sp³-hybridized carbons (Fsp3) is 1.00. The van der Waals surface area contributed by atoms with Crippen molar-refractivity contribution >= 4 is 0 Å². The van der Waals surface area contributed by atoms with E-state index in [4.69, 9.17) is 4.74 Å². The minimum absolute atomic E-state index is 0.130. The van der Waals surface area contributed by atoms with Gasteiger partial charge in [0.15, 0.2) is 0 Å². The smallest absolute Gasteiger partial charge is 0.0773 e. The van der Waals surface area contributed by atoms with E-state index in [9.17, 15) is 5.11 Å². The molecular weight excluding hydrogens is 140 g/mol. The Hall–Kier alpha value is -0.0800. The molecule has 68 valence electrons. The Bertz CT molecular complexity index is 94.2. The molecule has 0 heterocycles. The molecule has 0 aliphatic rings. The fourth-order valence-electron chi connectivity index (χ4n) is 0.763. The van der Waals surface area contributed by atoms with Gasteiger partial charge in [0.1, 0.15) is 0 Å². The van der Waals surface area contributed by atoms with Crippen molar-refractivity contribution in [3.63, 3.8) is 0 Å². The van der Waals surface area contributed by atoms with Crippen LogP contribution in [-0.2, 0) is 4.74 Å². The van der Waals surface area contributed by atoms with Gasteiger partial charge in [0.2, 0.25) is 0 Å². The monoisotopic (exact) mass is 160 g/mol. The molecule has 0 aromatic carbocycles. The maximum absolute atomic E-state index is 9.29. The summed E-state index contributed by atoms with van der Waals surface area (Å²) in [4.78, 5) is 0. The minimum atomic E-state index is -0.292. The molecule has 0 aliphatic heterocycles. The summed E-state index contributed by atoms with van der Waals surface area (Å²) in [5, 5.41) is 9.29. The van der Waals surface area contributed by atoms with Gasteiger partial charge in [-0.05, 0) is 27.2 Å². The predicted molar refractivity (Wildman–Crippen MR) is 46.6 cm³/mol. The molecular formula is C9H20O2. The second kappa shape index (κ2) is 4.73. The van der Waals surface area contributed by atoms with Crippen LogP contribution >= 0.6 is 0 Å². The Morgan fingerprint density at radius 3 is 2.27 bits per heavy atom. The van der Waals surface area contributed by atoms with E-state index < -0.39 is 0 Å². The molecule has 1 atom stereocenters. The zero-order chi connectivity index (χ0) is 8.91. The summed E-state index contributed by atoms with van der Waals surface area (Å²) in [7, 11) is 0. The van der Waals surface area contributed by atoms with E-state index in [0.717, 1.165) is 12.8 Å². The zero-order valence-corrected chi connectivity index (χ0v) is 8.05. The molecule has 0 unspecified atom stereocenters. The largest absolute Gasteiger partial charge is 0.391 e. The molecule has 0 saturated carbocycles. The quantitative estimate of drug-likeness (QED) is 0.681. The molecule has 0 bridgehead atoms. The first-order chi connectivity index (χ1) is 4.95. The number of ether oxygens (including phenoxy) is 1.